The van der Waals surface area contributed by atoms with Crippen LogP contribution in [0.25, 0.3) is 0 Å². The van der Waals surface area contributed by atoms with Crippen LogP contribution in [0.15, 0.2) is 24.3 Å². The number of carboxylic acids is 1. The Balaban J connectivity index is 2.95. The van der Waals surface area contributed by atoms with E-state index in [1.165, 1.54) is 33.2 Å². The Kier molecular flexibility index (Phi) is 3.55. The van der Waals surface area contributed by atoms with E-state index in [4.69, 9.17) is 5.11 Å². The summed E-state index contributed by atoms with van der Waals surface area (Å²) in [4.78, 5) is 23.1. The topological polar surface area (TPSA) is 66.8 Å². The second-order valence-electron chi connectivity index (χ2n) is 4.24. The molecular formula is C11H14FNO4. The van der Waals surface area contributed by atoms with Crippen molar-refractivity contribution in [2.75, 3.05) is 7.11 Å². The molecule has 1 heterocycles. The number of ether oxygens (including phenoxy) is 1. The smallest absolute Gasteiger partial charge is 0.417 e. The van der Waals surface area contributed by atoms with Gasteiger partial charge in [-0.25, -0.2) is 9.18 Å². The average Bonchev–Trinajstić information content (AvgIpc) is 2.27. The highest BCUT2D eigenvalue weighted by atomic mass is 19.1. The highest BCUT2D eigenvalue weighted by Gasteiger charge is 2.39. The summed E-state index contributed by atoms with van der Waals surface area (Å²) in [5.74, 6) is -2.70. The van der Waals surface area contributed by atoms with Crippen LogP contribution >= 0.6 is 0 Å². The summed E-state index contributed by atoms with van der Waals surface area (Å²) in [6, 6.07) is 0. The third kappa shape index (κ3) is 2.46. The molecule has 0 aromatic heterocycles. The Hall–Kier alpha value is -1.85. The van der Waals surface area contributed by atoms with Gasteiger partial charge in [-0.05, 0) is 13.8 Å². The number of methoxy groups -OCH3 is 1. The predicted molar refractivity (Wildman–Crippen MR) is 57.5 cm³/mol. The summed E-state index contributed by atoms with van der Waals surface area (Å²) < 4.78 is 18.2. The molecule has 0 fully saturated rings. The number of carbonyl (C=O) groups excluding carboxylic acids is 1. The van der Waals surface area contributed by atoms with Gasteiger partial charge in [0.15, 0.2) is 0 Å². The monoisotopic (exact) mass is 243 g/mol. The third-order valence-corrected chi connectivity index (χ3v) is 2.71. The van der Waals surface area contributed by atoms with Crippen molar-refractivity contribution in [3.8, 4) is 0 Å². The van der Waals surface area contributed by atoms with Crippen molar-refractivity contribution in [1.82, 2.24) is 4.90 Å². The molecule has 1 amide bonds. The summed E-state index contributed by atoms with van der Waals surface area (Å²) in [7, 11) is 1.18. The first-order valence-electron chi connectivity index (χ1n) is 4.96. The Labute approximate surface area is 98.2 Å². The van der Waals surface area contributed by atoms with Gasteiger partial charge in [-0.15, -0.1) is 0 Å². The minimum Gasteiger partial charge on any atom is -0.481 e. The molecule has 0 bridgehead atoms. The van der Waals surface area contributed by atoms with Crippen LogP contribution in [-0.4, -0.2) is 29.2 Å². The molecule has 0 aliphatic carbocycles. The van der Waals surface area contributed by atoms with Crippen LogP contribution in [-0.2, 0) is 9.53 Å². The van der Waals surface area contributed by atoms with Crippen molar-refractivity contribution in [3.63, 3.8) is 0 Å². The van der Waals surface area contributed by atoms with Crippen LogP contribution in [0.3, 0.4) is 0 Å². The molecule has 5 nitrogen and oxygen atoms in total. The van der Waals surface area contributed by atoms with E-state index >= 15 is 0 Å². The molecule has 94 valence electrons. The maximum absolute atomic E-state index is 13.7. The van der Waals surface area contributed by atoms with E-state index in [1.54, 1.807) is 0 Å². The number of amides is 1. The molecule has 1 aliphatic heterocycles. The molecule has 0 saturated carbocycles. The first-order valence-corrected chi connectivity index (χ1v) is 4.96. The number of carbonyl (C=O) groups is 2. The van der Waals surface area contributed by atoms with Crippen molar-refractivity contribution in [2.45, 2.75) is 13.8 Å². The molecule has 0 aromatic rings. The molecule has 6 heteroatoms. The molecule has 17 heavy (non-hydrogen) atoms. The highest BCUT2D eigenvalue weighted by molar-refractivity contribution is 5.75. The number of allylic oxidation sites excluding steroid dienone is 2. The van der Waals surface area contributed by atoms with Gasteiger partial charge in [0, 0.05) is 18.3 Å². The summed E-state index contributed by atoms with van der Waals surface area (Å²) in [5.41, 5.74) is -1.28. The summed E-state index contributed by atoms with van der Waals surface area (Å²) in [6.45, 7) is 2.84. The van der Waals surface area contributed by atoms with Crippen molar-refractivity contribution in [2.24, 2.45) is 11.3 Å². The van der Waals surface area contributed by atoms with Gasteiger partial charge in [0.05, 0.1) is 12.5 Å². The summed E-state index contributed by atoms with van der Waals surface area (Å²) in [6.07, 6.45) is 2.83. The molecule has 1 N–H and O–H groups in total. The number of halogens is 1. The van der Waals surface area contributed by atoms with Crippen LogP contribution < -0.4 is 0 Å². The van der Waals surface area contributed by atoms with Crippen molar-refractivity contribution in [1.29, 1.82) is 0 Å². The van der Waals surface area contributed by atoms with E-state index in [0.29, 0.717) is 0 Å². The van der Waals surface area contributed by atoms with Gasteiger partial charge in [-0.1, -0.05) is 6.08 Å². The normalized spacial score (nSPS) is 19.9. The van der Waals surface area contributed by atoms with Gasteiger partial charge in [-0.3, -0.25) is 9.69 Å². The van der Waals surface area contributed by atoms with E-state index in [9.17, 15) is 14.0 Å². The number of hydrogen-bond donors (Lipinski definition) is 1. The van der Waals surface area contributed by atoms with Gasteiger partial charge in [0.1, 0.15) is 5.83 Å². The molecule has 0 radical (unpaired) electrons. The van der Waals surface area contributed by atoms with Crippen LogP contribution in [0.2, 0.25) is 0 Å². The van der Waals surface area contributed by atoms with E-state index in [1.807, 2.05) is 0 Å². The number of aliphatic carboxylic acids is 1. The molecule has 1 rings (SSSR count). The fraction of sp³-hybridized carbons (Fsp3) is 0.455. The lowest BCUT2D eigenvalue weighted by Gasteiger charge is -2.30. The molecular weight excluding hydrogens is 229 g/mol. The predicted octanol–water partition coefficient (Wildman–Crippen LogP) is 2.12. The second kappa shape index (κ2) is 4.57. The zero-order valence-electron chi connectivity index (χ0n) is 9.81. The van der Waals surface area contributed by atoms with Crippen LogP contribution in [0.5, 0.6) is 0 Å². The minimum atomic E-state index is -1.28. The Morgan fingerprint density at radius 3 is 2.53 bits per heavy atom. The second-order valence-corrected chi connectivity index (χ2v) is 4.24. The maximum Gasteiger partial charge on any atom is 0.417 e. The van der Waals surface area contributed by atoms with Gasteiger partial charge >= 0.3 is 12.1 Å². The highest BCUT2D eigenvalue weighted by Crippen LogP contribution is 2.37. The zero-order valence-corrected chi connectivity index (χ0v) is 9.81. The third-order valence-electron chi connectivity index (χ3n) is 2.71. The molecule has 1 aliphatic rings. The quantitative estimate of drug-likeness (QED) is 0.806. The van der Waals surface area contributed by atoms with Gasteiger partial charge in [0.25, 0.3) is 0 Å². The largest absolute Gasteiger partial charge is 0.481 e. The number of nitrogens with zero attached hydrogens (tertiary/aromatic N) is 1. The molecule has 0 saturated heterocycles. The van der Waals surface area contributed by atoms with Crippen molar-refractivity contribution < 1.29 is 23.8 Å². The van der Waals surface area contributed by atoms with Gasteiger partial charge in [-0.2, -0.15) is 0 Å². The Morgan fingerprint density at radius 2 is 2.12 bits per heavy atom. The SMILES string of the molecule is COC(=O)N1C=CC(C(C)(C)C(=O)O)C(F)=C1. The average molecular weight is 243 g/mol. The van der Waals surface area contributed by atoms with Crippen molar-refractivity contribution in [3.05, 3.63) is 24.3 Å². The molecule has 1 atom stereocenters. The first-order chi connectivity index (χ1) is 7.80. The fourth-order valence-electron chi connectivity index (χ4n) is 1.46. The van der Waals surface area contributed by atoms with E-state index in [0.717, 1.165) is 11.1 Å². The van der Waals surface area contributed by atoms with Crippen LogP contribution in [0.4, 0.5) is 9.18 Å². The Bertz CT molecular complexity index is 400. The molecule has 1 unspecified atom stereocenters. The van der Waals surface area contributed by atoms with E-state index in [-0.39, 0.29) is 0 Å². The summed E-state index contributed by atoms with van der Waals surface area (Å²) in [5, 5.41) is 9.00. The van der Waals surface area contributed by atoms with Crippen LogP contribution in [0, 0.1) is 11.3 Å². The maximum atomic E-state index is 13.7. The lowest BCUT2D eigenvalue weighted by atomic mass is 9.77. The van der Waals surface area contributed by atoms with Crippen LogP contribution in [0.1, 0.15) is 13.8 Å². The Morgan fingerprint density at radius 1 is 1.53 bits per heavy atom. The lowest BCUT2D eigenvalue weighted by molar-refractivity contribution is -0.148. The fourth-order valence-corrected chi connectivity index (χ4v) is 1.46. The van der Waals surface area contributed by atoms with E-state index < -0.39 is 29.2 Å². The van der Waals surface area contributed by atoms with E-state index in [2.05, 4.69) is 4.74 Å². The zero-order chi connectivity index (χ0) is 13.2. The molecule has 0 aromatic carbocycles. The standard InChI is InChI=1S/C11H14FNO4/c1-11(2,9(14)15)7-4-5-13(6-8(7)12)10(16)17-3/h4-7H,1-3H3,(H,14,15). The minimum absolute atomic E-state index is 0.690. The first kappa shape index (κ1) is 13.2. The number of hydrogen-bond acceptors (Lipinski definition) is 3. The van der Waals surface area contributed by atoms with Gasteiger partial charge in [0.2, 0.25) is 0 Å². The lowest BCUT2D eigenvalue weighted by Crippen LogP contribution is -2.35. The van der Waals surface area contributed by atoms with Crippen molar-refractivity contribution >= 4 is 12.1 Å². The summed E-state index contributed by atoms with van der Waals surface area (Å²) >= 11 is 0. The number of rotatable bonds is 2. The molecule has 0 spiro atoms. The van der Waals surface area contributed by atoms with Gasteiger partial charge < -0.3 is 9.84 Å². The number of carboxylic acid groups (broad SMARTS) is 1.